The van der Waals surface area contributed by atoms with Crippen molar-refractivity contribution in [1.82, 2.24) is 0 Å². The van der Waals surface area contributed by atoms with Gasteiger partial charge in [-0.1, -0.05) is 6.92 Å². The summed E-state index contributed by atoms with van der Waals surface area (Å²) in [5.74, 6) is -1.14. The molecular weight excluding hydrogens is 284 g/mol. The second-order valence-corrected chi connectivity index (χ2v) is 5.71. The van der Waals surface area contributed by atoms with Gasteiger partial charge < -0.3 is 10.1 Å². The highest BCUT2D eigenvalue weighted by Crippen LogP contribution is 2.22. The molecule has 0 saturated heterocycles. The molecule has 1 aromatic carbocycles. The first kappa shape index (κ1) is 16.8. The molecule has 1 rings (SSSR count). The smallest absolute Gasteiger partial charge is 0.340 e. The molecule has 0 aromatic heterocycles. The molecule has 0 aliphatic rings. The molecule has 1 unspecified atom stereocenters. The van der Waals surface area contributed by atoms with Crippen LogP contribution in [0.1, 0.15) is 30.6 Å². The number of carbonyl (C=O) groups excluding carboxylic acids is 1. The number of carbonyl (C=O) groups is 1. The highest BCUT2D eigenvalue weighted by atomic mass is 32.2. The minimum atomic E-state index is -1.18. The van der Waals surface area contributed by atoms with E-state index < -0.39 is 23.2 Å². The zero-order chi connectivity index (χ0) is 15.1. The molecule has 1 aromatic rings. The van der Waals surface area contributed by atoms with Crippen LogP contribution in [0.5, 0.6) is 0 Å². The normalized spacial score (nSPS) is 12.1. The molecule has 112 valence electrons. The number of halogens is 2. The first-order valence-electron chi connectivity index (χ1n) is 6.41. The summed E-state index contributed by atoms with van der Waals surface area (Å²) in [6, 6.07) is 2.60. The molecule has 0 aliphatic heterocycles. The van der Waals surface area contributed by atoms with E-state index in [9.17, 15) is 13.6 Å². The Balaban J connectivity index is 2.77. The van der Waals surface area contributed by atoms with Crippen molar-refractivity contribution < 1.29 is 18.3 Å². The zero-order valence-corrected chi connectivity index (χ0v) is 12.7. The maximum absolute atomic E-state index is 13.9. The number of thioether (sulfide) groups is 1. The molecule has 0 bridgehead atoms. The number of hydrogen-bond donors (Lipinski definition) is 1. The van der Waals surface area contributed by atoms with Crippen molar-refractivity contribution in [2.45, 2.75) is 26.3 Å². The quantitative estimate of drug-likeness (QED) is 0.616. The SMILES string of the molecule is CCSCCC(C)Nc1ccc(C(=O)OC)c(F)c1F. The fourth-order valence-corrected chi connectivity index (χ4v) is 2.48. The fourth-order valence-electron chi connectivity index (χ4n) is 1.67. The van der Waals surface area contributed by atoms with Crippen LogP contribution in [-0.2, 0) is 4.74 Å². The van der Waals surface area contributed by atoms with Crippen molar-refractivity contribution in [3.05, 3.63) is 29.3 Å². The van der Waals surface area contributed by atoms with E-state index in [1.807, 2.05) is 6.92 Å². The summed E-state index contributed by atoms with van der Waals surface area (Å²) in [7, 11) is 1.12. The van der Waals surface area contributed by atoms with Crippen molar-refractivity contribution in [2.24, 2.45) is 0 Å². The molecule has 6 heteroatoms. The lowest BCUT2D eigenvalue weighted by atomic mass is 10.1. The van der Waals surface area contributed by atoms with Crippen LogP contribution in [0, 0.1) is 11.6 Å². The Morgan fingerprint density at radius 2 is 2.10 bits per heavy atom. The average Bonchev–Trinajstić information content (AvgIpc) is 2.43. The minimum absolute atomic E-state index is 0.0203. The summed E-state index contributed by atoms with van der Waals surface area (Å²) >= 11 is 1.79. The number of hydrogen-bond acceptors (Lipinski definition) is 4. The second kappa shape index (κ2) is 8.09. The average molecular weight is 303 g/mol. The van der Waals surface area contributed by atoms with Gasteiger partial charge in [-0.3, -0.25) is 0 Å². The van der Waals surface area contributed by atoms with Crippen LogP contribution in [0.3, 0.4) is 0 Å². The lowest BCUT2D eigenvalue weighted by Gasteiger charge is -2.16. The van der Waals surface area contributed by atoms with Crippen LogP contribution in [0.4, 0.5) is 14.5 Å². The topological polar surface area (TPSA) is 38.3 Å². The summed E-state index contributed by atoms with van der Waals surface area (Å²) in [4.78, 5) is 11.2. The van der Waals surface area contributed by atoms with Crippen molar-refractivity contribution in [3.63, 3.8) is 0 Å². The summed E-state index contributed by atoms with van der Waals surface area (Å²) in [5, 5.41) is 2.91. The molecule has 0 spiro atoms. The number of ether oxygens (including phenoxy) is 1. The highest BCUT2D eigenvalue weighted by molar-refractivity contribution is 7.99. The van der Waals surface area contributed by atoms with E-state index in [2.05, 4.69) is 17.0 Å². The number of esters is 1. The van der Waals surface area contributed by atoms with Gasteiger partial charge in [-0.2, -0.15) is 11.8 Å². The van der Waals surface area contributed by atoms with Gasteiger partial charge in [0.05, 0.1) is 18.4 Å². The first-order valence-corrected chi connectivity index (χ1v) is 7.57. The Kier molecular flexibility index (Phi) is 6.78. The van der Waals surface area contributed by atoms with Gasteiger partial charge in [0, 0.05) is 6.04 Å². The molecule has 3 nitrogen and oxygen atoms in total. The number of methoxy groups -OCH3 is 1. The lowest BCUT2D eigenvalue weighted by Crippen LogP contribution is -2.18. The Morgan fingerprint density at radius 1 is 1.40 bits per heavy atom. The third-order valence-electron chi connectivity index (χ3n) is 2.79. The van der Waals surface area contributed by atoms with Crippen molar-refractivity contribution >= 4 is 23.4 Å². The van der Waals surface area contributed by atoms with Crippen LogP contribution in [-0.4, -0.2) is 30.6 Å². The Morgan fingerprint density at radius 3 is 2.70 bits per heavy atom. The van der Waals surface area contributed by atoms with Gasteiger partial charge in [0.15, 0.2) is 11.6 Å². The van der Waals surface area contributed by atoms with Crippen molar-refractivity contribution in [2.75, 3.05) is 23.9 Å². The maximum Gasteiger partial charge on any atom is 0.340 e. The van der Waals surface area contributed by atoms with E-state index in [0.717, 1.165) is 25.0 Å². The monoisotopic (exact) mass is 303 g/mol. The van der Waals surface area contributed by atoms with E-state index in [0.29, 0.717) is 0 Å². The summed E-state index contributed by atoms with van der Waals surface area (Å²) < 4.78 is 32.0. The van der Waals surface area contributed by atoms with Gasteiger partial charge in [-0.05, 0) is 37.0 Å². The minimum Gasteiger partial charge on any atom is -0.465 e. The summed E-state index contributed by atoms with van der Waals surface area (Å²) in [6.07, 6.45) is 0.846. The van der Waals surface area contributed by atoms with E-state index in [1.54, 1.807) is 11.8 Å². The third-order valence-corrected chi connectivity index (χ3v) is 3.72. The van der Waals surface area contributed by atoms with Crippen LogP contribution < -0.4 is 5.32 Å². The van der Waals surface area contributed by atoms with Gasteiger partial charge in [0.1, 0.15) is 0 Å². The van der Waals surface area contributed by atoms with Gasteiger partial charge in [0.2, 0.25) is 0 Å². The van der Waals surface area contributed by atoms with E-state index in [4.69, 9.17) is 0 Å². The van der Waals surface area contributed by atoms with Gasteiger partial charge >= 0.3 is 5.97 Å². The molecule has 0 fully saturated rings. The van der Waals surface area contributed by atoms with Crippen LogP contribution in [0.2, 0.25) is 0 Å². The third kappa shape index (κ3) is 4.37. The molecular formula is C14H19F2NO2S. The fraction of sp³-hybridized carbons (Fsp3) is 0.500. The second-order valence-electron chi connectivity index (χ2n) is 4.31. The summed E-state index contributed by atoms with van der Waals surface area (Å²) in [6.45, 7) is 3.98. The Labute approximate surface area is 122 Å². The molecule has 1 N–H and O–H groups in total. The van der Waals surface area contributed by atoms with Gasteiger partial charge in [-0.25, -0.2) is 13.6 Å². The summed E-state index contributed by atoms with van der Waals surface area (Å²) in [5.41, 5.74) is -0.339. The Bertz CT molecular complexity index is 469. The van der Waals surface area contributed by atoms with Crippen LogP contribution in [0.25, 0.3) is 0 Å². The maximum atomic E-state index is 13.9. The number of benzene rings is 1. The molecule has 0 amide bonds. The van der Waals surface area contributed by atoms with Crippen molar-refractivity contribution in [3.8, 4) is 0 Å². The molecule has 20 heavy (non-hydrogen) atoms. The predicted molar refractivity (Wildman–Crippen MR) is 78.4 cm³/mol. The number of anilines is 1. The Hall–Kier alpha value is -1.30. The molecule has 0 saturated carbocycles. The standard InChI is InChI=1S/C14H19F2NO2S/c1-4-20-8-7-9(2)17-11-6-5-10(14(18)19-3)12(15)13(11)16/h5-6,9,17H,4,7-8H2,1-3H3. The molecule has 0 heterocycles. The number of rotatable bonds is 7. The largest absolute Gasteiger partial charge is 0.465 e. The molecule has 1 atom stereocenters. The zero-order valence-electron chi connectivity index (χ0n) is 11.8. The highest BCUT2D eigenvalue weighted by Gasteiger charge is 2.19. The van der Waals surface area contributed by atoms with Gasteiger partial charge in [-0.15, -0.1) is 0 Å². The molecule has 0 radical (unpaired) electrons. The molecule has 0 aliphatic carbocycles. The first-order chi connectivity index (χ1) is 9.51. The predicted octanol–water partition coefficient (Wildman–Crippen LogP) is 3.70. The number of nitrogens with one attached hydrogen (secondary N) is 1. The van der Waals surface area contributed by atoms with Crippen LogP contribution >= 0.6 is 11.8 Å². The van der Waals surface area contributed by atoms with E-state index >= 15 is 0 Å². The van der Waals surface area contributed by atoms with E-state index in [-0.39, 0.29) is 11.7 Å². The lowest BCUT2D eigenvalue weighted by molar-refractivity contribution is 0.0594. The van der Waals surface area contributed by atoms with Crippen LogP contribution in [0.15, 0.2) is 12.1 Å². The van der Waals surface area contributed by atoms with E-state index in [1.165, 1.54) is 12.1 Å². The van der Waals surface area contributed by atoms with Crippen molar-refractivity contribution in [1.29, 1.82) is 0 Å². The van der Waals surface area contributed by atoms with Gasteiger partial charge in [0.25, 0.3) is 0 Å².